The van der Waals surface area contributed by atoms with Gasteiger partial charge in [-0.1, -0.05) is 18.2 Å². The quantitative estimate of drug-likeness (QED) is 0.256. The van der Waals surface area contributed by atoms with E-state index in [-0.39, 0.29) is 5.54 Å². The summed E-state index contributed by atoms with van der Waals surface area (Å²) in [7, 11) is 0. The maximum Gasteiger partial charge on any atom is 0.219 e. The van der Waals surface area contributed by atoms with Gasteiger partial charge in [0.2, 0.25) is 5.91 Å². The van der Waals surface area contributed by atoms with Gasteiger partial charge in [0.15, 0.2) is 17.3 Å². The second-order valence-electron chi connectivity index (χ2n) is 12.0. The summed E-state index contributed by atoms with van der Waals surface area (Å²) in [5.74, 6) is -0.0285. The van der Waals surface area contributed by atoms with Crippen LogP contribution in [0.3, 0.4) is 0 Å². The van der Waals surface area contributed by atoms with E-state index in [1.165, 1.54) is 6.92 Å². The summed E-state index contributed by atoms with van der Waals surface area (Å²) in [4.78, 5) is 29.2. The van der Waals surface area contributed by atoms with Gasteiger partial charge in [-0.3, -0.25) is 9.36 Å². The number of halogens is 1. The third-order valence-corrected chi connectivity index (χ3v) is 9.29. The molecular formula is C35H37FN8O. The van der Waals surface area contributed by atoms with Crippen molar-refractivity contribution in [2.24, 2.45) is 5.73 Å². The fourth-order valence-corrected chi connectivity index (χ4v) is 6.51. The summed E-state index contributed by atoms with van der Waals surface area (Å²) in [5, 5.41) is 0. The van der Waals surface area contributed by atoms with Crippen molar-refractivity contribution in [2.45, 2.75) is 50.6 Å². The Morgan fingerprint density at radius 3 is 2.44 bits per heavy atom. The number of aromatic nitrogens is 4. The molecule has 1 aliphatic heterocycles. The number of rotatable bonds is 6. The molecule has 0 atom stereocenters. The lowest BCUT2D eigenvalue weighted by atomic mass is 9.73. The highest BCUT2D eigenvalue weighted by atomic mass is 19.1. The molecule has 1 amide bonds. The van der Waals surface area contributed by atoms with Gasteiger partial charge in [-0.2, -0.15) is 0 Å². The highest BCUT2D eigenvalue weighted by Crippen LogP contribution is 2.40. The molecule has 3 aromatic heterocycles. The molecule has 4 N–H and O–H groups in total. The molecule has 2 aromatic carbocycles. The summed E-state index contributed by atoms with van der Waals surface area (Å²) in [6.45, 7) is -0.444. The molecule has 9 nitrogen and oxygen atoms in total. The first-order valence-electron chi connectivity index (χ1n) is 16.8. The molecule has 45 heavy (non-hydrogen) atoms. The van der Waals surface area contributed by atoms with Gasteiger partial charge in [0, 0.05) is 60.1 Å². The van der Waals surface area contributed by atoms with E-state index < -0.39 is 24.7 Å². The van der Waals surface area contributed by atoms with E-state index in [1.54, 1.807) is 36.5 Å². The van der Waals surface area contributed by atoms with Crippen LogP contribution in [-0.2, 0) is 10.3 Å². The summed E-state index contributed by atoms with van der Waals surface area (Å²) >= 11 is 0. The monoisotopic (exact) mass is 607 g/mol. The van der Waals surface area contributed by atoms with Crippen LogP contribution in [0, 0.1) is 5.82 Å². The number of pyridine rings is 2. The Morgan fingerprint density at radius 2 is 1.78 bits per heavy atom. The van der Waals surface area contributed by atoms with Crippen LogP contribution in [0.15, 0.2) is 72.9 Å². The highest BCUT2D eigenvalue weighted by molar-refractivity contribution is 5.85. The Hall–Kier alpha value is -4.83. The van der Waals surface area contributed by atoms with Crippen molar-refractivity contribution in [1.82, 2.24) is 24.4 Å². The van der Waals surface area contributed by atoms with Crippen LogP contribution >= 0.6 is 0 Å². The molecule has 1 saturated heterocycles. The van der Waals surface area contributed by atoms with Gasteiger partial charge >= 0.3 is 0 Å². The van der Waals surface area contributed by atoms with Crippen LogP contribution in [0.2, 0.25) is 0 Å². The predicted molar refractivity (Wildman–Crippen MR) is 175 cm³/mol. The topological polar surface area (TPSA) is 119 Å². The van der Waals surface area contributed by atoms with Crippen LogP contribution in [0.4, 0.5) is 15.9 Å². The first-order chi connectivity index (χ1) is 22.9. The SMILES string of the molecule is [2H]C([2H])([2H])N(C(C)=O)C1CCN(c2cccc(-c3ccc4nc(-c5cccnc5N)n(-c5ccc(C6(N)CCC6)cc5)c4n3)c2F)CC1. The second kappa shape index (κ2) is 11.3. The zero-order valence-corrected chi connectivity index (χ0v) is 25.1. The minimum Gasteiger partial charge on any atom is -0.383 e. The Bertz CT molecular complexity index is 2000. The molecule has 5 aromatic rings. The number of benzene rings is 2. The number of carbonyl (C=O) groups excluding carboxylic acids is 1. The van der Waals surface area contributed by atoms with E-state index in [1.807, 2.05) is 45.9 Å². The molecule has 230 valence electrons. The minimum absolute atomic E-state index is 0.308. The van der Waals surface area contributed by atoms with Crippen molar-refractivity contribution in [3.63, 3.8) is 0 Å². The average Bonchev–Trinajstić information content (AvgIpc) is 3.42. The van der Waals surface area contributed by atoms with Crippen LogP contribution in [0.1, 0.15) is 48.7 Å². The summed E-state index contributed by atoms with van der Waals surface area (Å²) in [5.41, 5.74) is 17.4. The minimum atomic E-state index is -2.52. The lowest BCUT2D eigenvalue weighted by Crippen LogP contribution is -2.45. The van der Waals surface area contributed by atoms with Gasteiger partial charge in [-0.15, -0.1) is 0 Å². The number of hydrogen-bond acceptors (Lipinski definition) is 7. The van der Waals surface area contributed by atoms with E-state index in [0.717, 1.165) is 35.4 Å². The average molecular weight is 608 g/mol. The molecule has 1 aliphatic carbocycles. The molecule has 0 unspecified atom stereocenters. The van der Waals surface area contributed by atoms with Crippen molar-refractivity contribution in [1.29, 1.82) is 0 Å². The largest absolute Gasteiger partial charge is 0.383 e. The second-order valence-corrected chi connectivity index (χ2v) is 12.0. The Labute approximate surface area is 265 Å². The molecule has 2 fully saturated rings. The maximum atomic E-state index is 16.4. The lowest BCUT2D eigenvalue weighted by molar-refractivity contribution is -0.129. The molecule has 4 heterocycles. The Balaban J connectivity index is 1.26. The van der Waals surface area contributed by atoms with E-state index in [0.29, 0.717) is 71.2 Å². The standard InChI is InChI=1S/C35H37FN8O/c1-22(45)42(2)24-15-20-43(21-16-24)30-8-3-6-26(31(30)36)28-13-14-29-34(40-28)44(33(41-29)27-7-4-19-39-32(27)37)25-11-9-23(10-12-25)35(38)17-5-18-35/h3-4,6-14,19,24H,5,15-18,20-21,38H2,1-2H3,(H2,37,39)/i2D3. The van der Waals surface area contributed by atoms with E-state index >= 15 is 4.39 Å². The zero-order chi connectivity index (χ0) is 33.8. The van der Waals surface area contributed by atoms with Crippen LogP contribution in [-0.4, -0.2) is 56.4 Å². The highest BCUT2D eigenvalue weighted by Gasteiger charge is 2.34. The van der Waals surface area contributed by atoms with Gasteiger partial charge in [-0.05, 0) is 86.2 Å². The number of fused-ring (bicyclic) bond motifs is 1. The normalized spacial score (nSPS) is 17.8. The summed E-state index contributed by atoms with van der Waals surface area (Å²) in [6, 6.07) is 20.1. The summed E-state index contributed by atoms with van der Waals surface area (Å²) in [6.07, 6.45) is 5.46. The predicted octanol–water partition coefficient (Wildman–Crippen LogP) is 5.66. The first kappa shape index (κ1) is 25.5. The molecule has 0 spiro atoms. The zero-order valence-electron chi connectivity index (χ0n) is 28.1. The van der Waals surface area contributed by atoms with E-state index in [2.05, 4.69) is 4.98 Å². The first-order valence-corrected chi connectivity index (χ1v) is 15.3. The van der Waals surface area contributed by atoms with Crippen molar-refractivity contribution in [2.75, 3.05) is 30.7 Å². The number of anilines is 2. The van der Waals surface area contributed by atoms with Crippen molar-refractivity contribution in [3.8, 4) is 28.3 Å². The van der Waals surface area contributed by atoms with E-state index in [4.69, 9.17) is 25.5 Å². The molecular weight excluding hydrogens is 567 g/mol. The Kier molecular flexibility index (Phi) is 6.38. The number of nitrogens with two attached hydrogens (primary N) is 2. The van der Waals surface area contributed by atoms with Crippen molar-refractivity contribution >= 4 is 28.6 Å². The molecule has 2 aliphatic rings. The smallest absolute Gasteiger partial charge is 0.219 e. The van der Waals surface area contributed by atoms with Crippen molar-refractivity contribution in [3.05, 3.63) is 84.3 Å². The van der Waals surface area contributed by atoms with Crippen LogP contribution < -0.4 is 16.4 Å². The fourth-order valence-electron chi connectivity index (χ4n) is 6.51. The number of carbonyl (C=O) groups is 1. The third kappa shape index (κ3) is 5.08. The van der Waals surface area contributed by atoms with Gasteiger partial charge in [-0.25, -0.2) is 19.3 Å². The van der Waals surface area contributed by atoms with Gasteiger partial charge in [0.1, 0.15) is 11.3 Å². The Morgan fingerprint density at radius 1 is 1.02 bits per heavy atom. The number of piperidine rings is 1. The number of amides is 1. The van der Waals surface area contributed by atoms with Crippen LogP contribution in [0.5, 0.6) is 0 Å². The lowest BCUT2D eigenvalue weighted by Gasteiger charge is -2.38. The fraction of sp³-hybridized carbons (Fsp3) is 0.314. The van der Waals surface area contributed by atoms with Crippen LogP contribution in [0.25, 0.3) is 39.5 Å². The number of imidazole rings is 1. The molecule has 0 radical (unpaired) electrons. The third-order valence-electron chi connectivity index (χ3n) is 9.29. The number of hydrogen-bond donors (Lipinski definition) is 2. The maximum absolute atomic E-state index is 16.4. The number of nitrogens with zero attached hydrogens (tertiary/aromatic N) is 6. The number of nitrogen functional groups attached to an aromatic ring is 1. The van der Waals surface area contributed by atoms with Gasteiger partial charge in [0.25, 0.3) is 0 Å². The summed E-state index contributed by atoms with van der Waals surface area (Å²) < 4.78 is 41.7. The molecule has 7 rings (SSSR count). The van der Waals surface area contributed by atoms with Gasteiger partial charge in [0.05, 0.1) is 16.9 Å². The molecule has 10 heteroatoms. The molecule has 0 bridgehead atoms. The van der Waals surface area contributed by atoms with Gasteiger partial charge < -0.3 is 21.3 Å². The van der Waals surface area contributed by atoms with Crippen molar-refractivity contribution < 1.29 is 13.3 Å². The molecule has 1 saturated carbocycles. The van der Waals surface area contributed by atoms with E-state index in [9.17, 15) is 4.79 Å².